The third kappa shape index (κ3) is 2.65. The molecule has 2 heterocycles. The molecule has 104 valence electrons. The van der Waals surface area contributed by atoms with Gasteiger partial charge in [0.1, 0.15) is 6.10 Å². The largest absolute Gasteiger partial charge is 0.370 e. The molecule has 1 fully saturated rings. The second-order valence-electron chi connectivity index (χ2n) is 5.76. The monoisotopic (exact) mass is 261 g/mol. The first kappa shape index (κ1) is 13.0. The highest BCUT2D eigenvalue weighted by molar-refractivity contribution is 5.28. The van der Waals surface area contributed by atoms with Crippen molar-refractivity contribution in [3.05, 3.63) is 22.8 Å². The van der Waals surface area contributed by atoms with Gasteiger partial charge in [0, 0.05) is 18.0 Å². The van der Waals surface area contributed by atoms with Gasteiger partial charge in [-0.2, -0.15) is 0 Å². The van der Waals surface area contributed by atoms with E-state index in [0.717, 1.165) is 56.3 Å². The number of aromatic nitrogens is 2. The maximum absolute atomic E-state index is 5.71. The van der Waals surface area contributed by atoms with Crippen molar-refractivity contribution in [2.75, 3.05) is 20.2 Å². The molecule has 0 bridgehead atoms. The smallest absolute Gasteiger partial charge is 0.157 e. The molecule has 1 aliphatic carbocycles. The van der Waals surface area contributed by atoms with Gasteiger partial charge in [-0.05, 0) is 64.1 Å². The average molecular weight is 261 g/mol. The zero-order valence-corrected chi connectivity index (χ0v) is 11.9. The highest BCUT2D eigenvalue weighted by atomic mass is 16.5. The van der Waals surface area contributed by atoms with E-state index in [1.807, 2.05) is 7.05 Å². The summed E-state index contributed by atoms with van der Waals surface area (Å²) in [4.78, 5) is 9.50. The number of hydrogen-bond donors (Lipinski definition) is 1. The molecule has 1 aliphatic heterocycles. The molecule has 2 atom stereocenters. The van der Waals surface area contributed by atoms with Crippen molar-refractivity contribution >= 4 is 0 Å². The summed E-state index contributed by atoms with van der Waals surface area (Å²) >= 11 is 0. The van der Waals surface area contributed by atoms with E-state index in [-0.39, 0.29) is 6.10 Å². The van der Waals surface area contributed by atoms with Crippen molar-refractivity contribution in [3.63, 3.8) is 0 Å². The lowest BCUT2D eigenvalue weighted by Gasteiger charge is -2.25. The molecular weight excluding hydrogens is 238 g/mol. The Hall–Kier alpha value is -1.00. The van der Waals surface area contributed by atoms with Crippen LogP contribution in [0.15, 0.2) is 0 Å². The Labute approximate surface area is 115 Å². The number of hydrogen-bond acceptors (Lipinski definition) is 4. The first-order chi connectivity index (χ1) is 9.28. The van der Waals surface area contributed by atoms with Crippen LogP contribution >= 0.6 is 0 Å². The van der Waals surface area contributed by atoms with Gasteiger partial charge < -0.3 is 10.1 Å². The summed E-state index contributed by atoms with van der Waals surface area (Å²) in [6.45, 7) is 4.07. The lowest BCUT2D eigenvalue weighted by Crippen LogP contribution is -2.26. The van der Waals surface area contributed by atoms with Crippen molar-refractivity contribution in [2.24, 2.45) is 5.92 Å². The maximum Gasteiger partial charge on any atom is 0.157 e. The van der Waals surface area contributed by atoms with Crippen LogP contribution in [0.5, 0.6) is 0 Å². The van der Waals surface area contributed by atoms with E-state index in [1.165, 1.54) is 17.7 Å². The van der Waals surface area contributed by atoms with Gasteiger partial charge in [0.05, 0.1) is 0 Å². The zero-order valence-electron chi connectivity index (χ0n) is 11.9. The molecule has 3 rings (SSSR count). The van der Waals surface area contributed by atoms with E-state index in [4.69, 9.17) is 14.7 Å². The van der Waals surface area contributed by atoms with Gasteiger partial charge >= 0.3 is 0 Å². The predicted octanol–water partition coefficient (Wildman–Crippen LogP) is 1.96. The zero-order chi connectivity index (χ0) is 13.2. The molecule has 0 saturated carbocycles. The third-order valence-corrected chi connectivity index (χ3v) is 4.31. The number of rotatable bonds is 3. The lowest BCUT2D eigenvalue weighted by molar-refractivity contribution is 0.104. The van der Waals surface area contributed by atoms with Gasteiger partial charge in [0.2, 0.25) is 0 Å². The van der Waals surface area contributed by atoms with Crippen LogP contribution in [0.3, 0.4) is 0 Å². The topological polar surface area (TPSA) is 47.0 Å². The molecule has 19 heavy (non-hydrogen) atoms. The summed E-state index contributed by atoms with van der Waals surface area (Å²) in [6.07, 6.45) is 5.78. The van der Waals surface area contributed by atoms with Gasteiger partial charge in [-0.3, -0.25) is 0 Å². The Bertz CT molecular complexity index is 455. The van der Waals surface area contributed by atoms with E-state index in [0.29, 0.717) is 0 Å². The van der Waals surface area contributed by atoms with Crippen molar-refractivity contribution in [1.82, 2.24) is 15.3 Å². The van der Waals surface area contributed by atoms with Crippen molar-refractivity contribution in [1.29, 1.82) is 0 Å². The SMILES string of the molecule is CNCC1CCc2nc(C3CCCO3)nc(C)c2C1. The molecule has 1 aromatic rings. The second-order valence-corrected chi connectivity index (χ2v) is 5.76. The molecule has 0 radical (unpaired) electrons. The molecule has 1 aromatic heterocycles. The lowest BCUT2D eigenvalue weighted by atomic mass is 9.85. The van der Waals surface area contributed by atoms with E-state index in [1.54, 1.807) is 0 Å². The Morgan fingerprint density at radius 1 is 1.32 bits per heavy atom. The number of ether oxygens (including phenoxy) is 1. The third-order valence-electron chi connectivity index (χ3n) is 4.31. The molecule has 0 spiro atoms. The van der Waals surface area contributed by atoms with Crippen LogP contribution < -0.4 is 5.32 Å². The molecule has 0 amide bonds. The number of fused-ring (bicyclic) bond motifs is 1. The average Bonchev–Trinajstić information content (AvgIpc) is 2.93. The standard InChI is InChI=1S/C15H23N3O/c1-10-12-8-11(9-16-2)5-6-13(12)18-15(17-10)14-4-3-7-19-14/h11,14,16H,3-9H2,1-2H3. The first-order valence-corrected chi connectivity index (χ1v) is 7.40. The highest BCUT2D eigenvalue weighted by Crippen LogP contribution is 2.30. The minimum Gasteiger partial charge on any atom is -0.370 e. The summed E-state index contributed by atoms with van der Waals surface area (Å²) in [5.74, 6) is 1.65. The van der Waals surface area contributed by atoms with E-state index >= 15 is 0 Å². The van der Waals surface area contributed by atoms with Crippen LogP contribution in [0, 0.1) is 12.8 Å². The summed E-state index contributed by atoms with van der Waals surface area (Å²) in [6, 6.07) is 0. The second kappa shape index (κ2) is 5.55. The summed E-state index contributed by atoms with van der Waals surface area (Å²) < 4.78 is 5.71. The first-order valence-electron chi connectivity index (χ1n) is 7.40. The Balaban J connectivity index is 1.84. The predicted molar refractivity (Wildman–Crippen MR) is 74.1 cm³/mol. The fourth-order valence-corrected chi connectivity index (χ4v) is 3.27. The van der Waals surface area contributed by atoms with Crippen LogP contribution in [0.2, 0.25) is 0 Å². The highest BCUT2D eigenvalue weighted by Gasteiger charge is 2.26. The van der Waals surface area contributed by atoms with E-state index in [2.05, 4.69) is 12.2 Å². The quantitative estimate of drug-likeness (QED) is 0.903. The van der Waals surface area contributed by atoms with Gasteiger partial charge in [-0.25, -0.2) is 9.97 Å². The number of aryl methyl sites for hydroxylation is 2. The van der Waals surface area contributed by atoms with Gasteiger partial charge in [0.25, 0.3) is 0 Å². The number of nitrogens with zero attached hydrogens (tertiary/aromatic N) is 2. The maximum atomic E-state index is 5.71. The summed E-state index contributed by atoms with van der Waals surface area (Å²) in [7, 11) is 2.03. The molecule has 4 nitrogen and oxygen atoms in total. The van der Waals surface area contributed by atoms with Crippen LogP contribution in [-0.4, -0.2) is 30.2 Å². The number of nitrogens with one attached hydrogen (secondary N) is 1. The van der Waals surface area contributed by atoms with Gasteiger partial charge in [-0.1, -0.05) is 0 Å². The normalized spacial score (nSPS) is 26.4. The molecular formula is C15H23N3O. The van der Waals surface area contributed by atoms with Crippen molar-refractivity contribution in [3.8, 4) is 0 Å². The molecule has 1 saturated heterocycles. The molecule has 2 aliphatic rings. The van der Waals surface area contributed by atoms with Crippen LogP contribution in [0.25, 0.3) is 0 Å². The summed E-state index contributed by atoms with van der Waals surface area (Å²) in [5.41, 5.74) is 3.81. The van der Waals surface area contributed by atoms with Gasteiger partial charge in [-0.15, -0.1) is 0 Å². The molecule has 4 heteroatoms. The van der Waals surface area contributed by atoms with Gasteiger partial charge in [0.15, 0.2) is 5.82 Å². The Kier molecular flexibility index (Phi) is 3.80. The van der Waals surface area contributed by atoms with Crippen molar-refractivity contribution in [2.45, 2.75) is 45.1 Å². The van der Waals surface area contributed by atoms with E-state index in [9.17, 15) is 0 Å². The molecule has 2 unspecified atom stereocenters. The van der Waals surface area contributed by atoms with Crippen LogP contribution in [0.4, 0.5) is 0 Å². The van der Waals surface area contributed by atoms with E-state index < -0.39 is 0 Å². The fourth-order valence-electron chi connectivity index (χ4n) is 3.27. The van der Waals surface area contributed by atoms with Crippen LogP contribution in [-0.2, 0) is 17.6 Å². The van der Waals surface area contributed by atoms with Crippen LogP contribution in [0.1, 0.15) is 48.1 Å². The fraction of sp³-hybridized carbons (Fsp3) is 0.733. The Morgan fingerprint density at radius 3 is 2.95 bits per heavy atom. The summed E-state index contributed by atoms with van der Waals surface area (Å²) in [5, 5.41) is 3.28. The van der Waals surface area contributed by atoms with Crippen molar-refractivity contribution < 1.29 is 4.74 Å². The minimum absolute atomic E-state index is 0.138. The molecule has 0 aromatic carbocycles. The minimum atomic E-state index is 0.138. The molecule has 1 N–H and O–H groups in total. The Morgan fingerprint density at radius 2 is 2.21 bits per heavy atom.